The molecule has 0 spiro atoms. The first-order valence-corrected chi connectivity index (χ1v) is 8.62. The number of carbonyl (C=O) groups is 2. The predicted molar refractivity (Wildman–Crippen MR) is 98.4 cm³/mol. The minimum absolute atomic E-state index is 0.155. The second-order valence-electron chi connectivity index (χ2n) is 7.06. The number of nitrogens with zero attached hydrogens (tertiary/aromatic N) is 2. The molecule has 0 fully saturated rings. The van der Waals surface area contributed by atoms with Crippen molar-refractivity contribution >= 4 is 23.5 Å². The fraction of sp³-hybridized carbons (Fsp3) is 0.421. The summed E-state index contributed by atoms with van der Waals surface area (Å²) in [5.41, 5.74) is 2.12. The molecule has 140 valence electrons. The van der Waals surface area contributed by atoms with E-state index in [4.69, 9.17) is 21.1 Å². The van der Waals surface area contributed by atoms with E-state index >= 15 is 0 Å². The first kappa shape index (κ1) is 20.0. The number of hydrogen-bond acceptors (Lipinski definition) is 5. The fourth-order valence-electron chi connectivity index (χ4n) is 2.32. The summed E-state index contributed by atoms with van der Waals surface area (Å²) in [7, 11) is 0. The molecule has 1 heterocycles. The Bertz CT molecular complexity index is 804. The van der Waals surface area contributed by atoms with Gasteiger partial charge in [-0.1, -0.05) is 41.4 Å². The molecule has 0 saturated heterocycles. The molecule has 0 N–H and O–H groups in total. The first-order chi connectivity index (χ1) is 12.1. The summed E-state index contributed by atoms with van der Waals surface area (Å²) in [6.45, 7) is 8.85. The van der Waals surface area contributed by atoms with Crippen molar-refractivity contribution in [3.05, 3.63) is 51.8 Å². The molecule has 0 saturated carbocycles. The summed E-state index contributed by atoms with van der Waals surface area (Å²) in [4.78, 5) is 24.0. The number of benzene rings is 1. The quantitative estimate of drug-likeness (QED) is 0.742. The molecule has 1 aromatic carbocycles. The van der Waals surface area contributed by atoms with Crippen LogP contribution in [0.4, 0.5) is 0 Å². The monoisotopic (exact) mass is 378 g/mol. The van der Waals surface area contributed by atoms with Gasteiger partial charge in [0.05, 0.1) is 12.2 Å². The highest BCUT2D eigenvalue weighted by molar-refractivity contribution is 6.32. The highest BCUT2D eigenvalue weighted by Crippen LogP contribution is 2.22. The van der Waals surface area contributed by atoms with Crippen molar-refractivity contribution in [2.45, 2.75) is 46.8 Å². The van der Waals surface area contributed by atoms with Crippen LogP contribution in [-0.4, -0.2) is 33.9 Å². The normalized spacial score (nSPS) is 11.3. The highest BCUT2D eigenvalue weighted by atomic mass is 35.5. The SMILES string of the molecule is Cc1ccc(Cn2nc(C)c(C(=O)OCC(=O)OC(C)(C)C)c2Cl)cc1. The van der Waals surface area contributed by atoms with Crippen molar-refractivity contribution in [3.63, 3.8) is 0 Å². The standard InChI is InChI=1S/C19H23ClN2O4/c1-12-6-8-14(9-7-12)10-22-17(20)16(13(2)21-22)18(24)25-11-15(23)26-19(3,4)5/h6-9H,10-11H2,1-5H3. The Hall–Kier alpha value is -2.34. The second kappa shape index (κ2) is 7.91. The maximum absolute atomic E-state index is 12.3. The minimum atomic E-state index is -0.700. The van der Waals surface area contributed by atoms with Crippen molar-refractivity contribution in [3.8, 4) is 0 Å². The lowest BCUT2D eigenvalue weighted by Crippen LogP contribution is -2.27. The number of carbonyl (C=O) groups excluding carboxylic acids is 2. The number of aromatic nitrogens is 2. The average molecular weight is 379 g/mol. The lowest BCUT2D eigenvalue weighted by molar-refractivity contribution is -0.158. The van der Waals surface area contributed by atoms with Gasteiger partial charge in [0.15, 0.2) is 6.61 Å². The van der Waals surface area contributed by atoms with Crippen molar-refractivity contribution in [1.29, 1.82) is 0 Å². The molecule has 2 aromatic rings. The summed E-state index contributed by atoms with van der Waals surface area (Å²) in [5, 5.41) is 4.48. The van der Waals surface area contributed by atoms with E-state index < -0.39 is 24.1 Å². The molecule has 7 heteroatoms. The van der Waals surface area contributed by atoms with Gasteiger partial charge in [0, 0.05) is 0 Å². The zero-order chi connectivity index (χ0) is 19.5. The van der Waals surface area contributed by atoms with E-state index in [1.807, 2.05) is 31.2 Å². The van der Waals surface area contributed by atoms with Gasteiger partial charge in [0.2, 0.25) is 0 Å². The van der Waals surface area contributed by atoms with Gasteiger partial charge in [0.1, 0.15) is 16.3 Å². The summed E-state index contributed by atoms with van der Waals surface area (Å²) < 4.78 is 11.7. The van der Waals surface area contributed by atoms with E-state index in [0.29, 0.717) is 12.2 Å². The van der Waals surface area contributed by atoms with E-state index in [-0.39, 0.29) is 10.7 Å². The Kier molecular flexibility index (Phi) is 6.08. The number of ether oxygens (including phenoxy) is 2. The maximum atomic E-state index is 12.3. The largest absolute Gasteiger partial charge is 0.457 e. The summed E-state index contributed by atoms with van der Waals surface area (Å²) in [6.07, 6.45) is 0. The van der Waals surface area contributed by atoms with Gasteiger partial charge in [-0.25, -0.2) is 14.3 Å². The van der Waals surface area contributed by atoms with Gasteiger partial charge in [-0.05, 0) is 40.2 Å². The van der Waals surface area contributed by atoms with Gasteiger partial charge in [0.25, 0.3) is 0 Å². The maximum Gasteiger partial charge on any atom is 0.344 e. The molecule has 0 aliphatic heterocycles. The van der Waals surface area contributed by atoms with Crippen molar-refractivity contribution in [1.82, 2.24) is 9.78 Å². The Labute approximate surface area is 158 Å². The molecule has 0 unspecified atom stereocenters. The van der Waals surface area contributed by atoms with Crippen LogP contribution in [0.15, 0.2) is 24.3 Å². The lowest BCUT2D eigenvalue weighted by atomic mass is 10.1. The van der Waals surface area contributed by atoms with E-state index in [2.05, 4.69) is 5.10 Å². The van der Waals surface area contributed by atoms with Crippen LogP contribution in [0.5, 0.6) is 0 Å². The van der Waals surface area contributed by atoms with Crippen LogP contribution in [0, 0.1) is 13.8 Å². The Morgan fingerprint density at radius 2 is 1.77 bits per heavy atom. The van der Waals surface area contributed by atoms with E-state index in [9.17, 15) is 9.59 Å². The zero-order valence-electron chi connectivity index (χ0n) is 15.6. The molecule has 6 nitrogen and oxygen atoms in total. The van der Waals surface area contributed by atoms with Gasteiger partial charge in [-0.3, -0.25) is 0 Å². The number of halogens is 1. The molecule has 1 aromatic heterocycles. The first-order valence-electron chi connectivity index (χ1n) is 8.24. The van der Waals surface area contributed by atoms with Crippen LogP contribution in [0.3, 0.4) is 0 Å². The van der Waals surface area contributed by atoms with Crippen LogP contribution < -0.4 is 0 Å². The summed E-state index contributed by atoms with van der Waals surface area (Å²) in [6, 6.07) is 7.94. The van der Waals surface area contributed by atoms with Crippen molar-refractivity contribution < 1.29 is 19.1 Å². The van der Waals surface area contributed by atoms with Gasteiger partial charge < -0.3 is 9.47 Å². The van der Waals surface area contributed by atoms with E-state index in [1.165, 1.54) is 4.68 Å². The van der Waals surface area contributed by atoms with Crippen LogP contribution >= 0.6 is 11.6 Å². The third-order valence-electron chi connectivity index (χ3n) is 3.46. The molecular formula is C19H23ClN2O4. The molecule has 0 radical (unpaired) electrons. The molecule has 0 aliphatic carbocycles. The zero-order valence-corrected chi connectivity index (χ0v) is 16.4. The molecule has 0 amide bonds. The van der Waals surface area contributed by atoms with Crippen molar-refractivity contribution in [2.24, 2.45) is 0 Å². The number of hydrogen-bond donors (Lipinski definition) is 0. The molecule has 26 heavy (non-hydrogen) atoms. The average Bonchev–Trinajstić information content (AvgIpc) is 2.80. The smallest absolute Gasteiger partial charge is 0.344 e. The topological polar surface area (TPSA) is 70.4 Å². The molecular weight excluding hydrogens is 356 g/mol. The van der Waals surface area contributed by atoms with Gasteiger partial charge >= 0.3 is 11.9 Å². The Morgan fingerprint density at radius 1 is 1.15 bits per heavy atom. The molecule has 0 aliphatic rings. The Morgan fingerprint density at radius 3 is 2.35 bits per heavy atom. The molecule has 2 rings (SSSR count). The van der Waals surface area contributed by atoms with Crippen LogP contribution in [-0.2, 0) is 20.8 Å². The van der Waals surface area contributed by atoms with Crippen molar-refractivity contribution in [2.75, 3.05) is 6.61 Å². The third kappa shape index (κ3) is 5.33. The fourth-order valence-corrected chi connectivity index (χ4v) is 2.64. The van der Waals surface area contributed by atoms with Crippen LogP contribution in [0.1, 0.15) is 48.0 Å². The predicted octanol–water partition coefficient (Wildman–Crippen LogP) is 3.70. The summed E-state index contributed by atoms with van der Waals surface area (Å²) >= 11 is 6.31. The number of rotatable bonds is 5. The van der Waals surface area contributed by atoms with E-state index in [1.54, 1.807) is 27.7 Å². The van der Waals surface area contributed by atoms with Crippen LogP contribution in [0.2, 0.25) is 5.15 Å². The second-order valence-corrected chi connectivity index (χ2v) is 7.42. The van der Waals surface area contributed by atoms with Gasteiger partial charge in [-0.15, -0.1) is 0 Å². The number of esters is 2. The molecule has 0 bridgehead atoms. The lowest BCUT2D eigenvalue weighted by Gasteiger charge is -2.19. The third-order valence-corrected chi connectivity index (χ3v) is 3.85. The van der Waals surface area contributed by atoms with E-state index in [0.717, 1.165) is 11.1 Å². The Balaban J connectivity index is 2.07. The molecule has 0 atom stereocenters. The van der Waals surface area contributed by atoms with Gasteiger partial charge in [-0.2, -0.15) is 5.10 Å². The van der Waals surface area contributed by atoms with Crippen LogP contribution in [0.25, 0.3) is 0 Å². The number of aryl methyl sites for hydroxylation is 2. The minimum Gasteiger partial charge on any atom is -0.457 e. The highest BCUT2D eigenvalue weighted by Gasteiger charge is 2.24. The summed E-state index contributed by atoms with van der Waals surface area (Å²) in [5.74, 6) is -1.32.